The molecule has 1 aliphatic carbocycles. The van der Waals surface area contributed by atoms with Gasteiger partial charge in [-0.1, -0.05) is 32.1 Å². The van der Waals surface area contributed by atoms with Crippen molar-refractivity contribution in [3.8, 4) is 0 Å². The predicted octanol–water partition coefficient (Wildman–Crippen LogP) is 1.42. The molecular weight excluding hydrogens is 244 g/mol. The van der Waals surface area contributed by atoms with Gasteiger partial charge < -0.3 is 15.7 Å². The summed E-state index contributed by atoms with van der Waals surface area (Å²) in [5, 5.41) is 15.5. The second-order valence-electron chi connectivity index (χ2n) is 5.79. The number of amides is 1. The van der Waals surface area contributed by atoms with E-state index in [9.17, 15) is 14.7 Å². The first-order valence-corrected chi connectivity index (χ1v) is 7.43. The average Bonchev–Trinajstić information content (AvgIpc) is 2.66. The summed E-state index contributed by atoms with van der Waals surface area (Å²) in [6.07, 6.45) is 7.93. The van der Waals surface area contributed by atoms with E-state index in [0.717, 1.165) is 51.5 Å². The van der Waals surface area contributed by atoms with Crippen LogP contribution in [0.5, 0.6) is 0 Å². The predicted molar refractivity (Wildman–Crippen MR) is 71.9 cm³/mol. The van der Waals surface area contributed by atoms with Gasteiger partial charge in [-0.05, 0) is 32.2 Å². The molecule has 1 aliphatic heterocycles. The number of aliphatic carboxylic acids is 1. The molecule has 3 N–H and O–H groups in total. The third-order valence-electron chi connectivity index (χ3n) is 4.36. The number of hydrogen-bond acceptors (Lipinski definition) is 3. The van der Waals surface area contributed by atoms with Gasteiger partial charge in [0.05, 0.1) is 6.04 Å². The van der Waals surface area contributed by atoms with Crippen LogP contribution >= 0.6 is 0 Å². The van der Waals surface area contributed by atoms with Crippen molar-refractivity contribution in [3.63, 3.8) is 0 Å². The van der Waals surface area contributed by atoms with E-state index in [1.807, 2.05) is 0 Å². The van der Waals surface area contributed by atoms with Crippen LogP contribution in [0.15, 0.2) is 0 Å². The summed E-state index contributed by atoms with van der Waals surface area (Å²) in [5.74, 6) is -1.01. The maximum absolute atomic E-state index is 12.3. The number of carboxylic acid groups (broad SMARTS) is 1. The Morgan fingerprint density at radius 1 is 1.05 bits per heavy atom. The molecule has 2 aliphatic rings. The Hall–Kier alpha value is -1.10. The number of hydrogen-bond donors (Lipinski definition) is 3. The van der Waals surface area contributed by atoms with Crippen LogP contribution in [-0.2, 0) is 9.59 Å². The highest BCUT2D eigenvalue weighted by atomic mass is 16.4. The monoisotopic (exact) mass is 268 g/mol. The van der Waals surface area contributed by atoms with E-state index < -0.39 is 11.5 Å². The highest BCUT2D eigenvalue weighted by Crippen LogP contribution is 2.28. The summed E-state index contributed by atoms with van der Waals surface area (Å²) in [7, 11) is 0. The van der Waals surface area contributed by atoms with Crippen molar-refractivity contribution in [2.24, 2.45) is 0 Å². The van der Waals surface area contributed by atoms with Crippen molar-refractivity contribution < 1.29 is 14.7 Å². The molecule has 0 aromatic rings. The van der Waals surface area contributed by atoms with Gasteiger partial charge in [0, 0.05) is 0 Å². The van der Waals surface area contributed by atoms with Crippen LogP contribution < -0.4 is 10.6 Å². The van der Waals surface area contributed by atoms with Gasteiger partial charge in [-0.3, -0.25) is 4.79 Å². The molecular formula is C14H24N2O3. The molecule has 5 heteroatoms. The number of nitrogens with one attached hydrogen (secondary N) is 2. The fourth-order valence-electron chi connectivity index (χ4n) is 3.12. The lowest BCUT2D eigenvalue weighted by Crippen LogP contribution is -2.59. The Morgan fingerprint density at radius 3 is 2.26 bits per heavy atom. The second kappa shape index (κ2) is 6.37. The lowest BCUT2D eigenvalue weighted by Gasteiger charge is -2.32. The topological polar surface area (TPSA) is 78.4 Å². The van der Waals surface area contributed by atoms with E-state index >= 15 is 0 Å². The first-order valence-electron chi connectivity index (χ1n) is 7.43. The standard InChI is InChI=1S/C14H24N2O3/c17-12(11-7-3-6-10-15-11)16-14(13(18)19)8-4-1-2-5-9-14/h11,15H,1-10H2,(H,16,17)(H,18,19)/t11-/m1/s1. The maximum Gasteiger partial charge on any atom is 0.329 e. The third-order valence-corrected chi connectivity index (χ3v) is 4.36. The molecule has 19 heavy (non-hydrogen) atoms. The minimum Gasteiger partial charge on any atom is -0.480 e. The second-order valence-corrected chi connectivity index (χ2v) is 5.79. The highest BCUT2D eigenvalue weighted by molar-refractivity contribution is 5.89. The fourth-order valence-corrected chi connectivity index (χ4v) is 3.12. The van der Waals surface area contributed by atoms with Crippen LogP contribution in [0.3, 0.4) is 0 Å². The van der Waals surface area contributed by atoms with Crippen molar-refractivity contribution in [3.05, 3.63) is 0 Å². The summed E-state index contributed by atoms with van der Waals surface area (Å²) in [4.78, 5) is 23.9. The molecule has 108 valence electrons. The number of carboxylic acids is 1. The molecule has 0 aromatic carbocycles. The fraction of sp³-hybridized carbons (Fsp3) is 0.857. The summed E-state index contributed by atoms with van der Waals surface area (Å²) in [5.41, 5.74) is -1.04. The van der Waals surface area contributed by atoms with Crippen LogP contribution in [0.25, 0.3) is 0 Å². The van der Waals surface area contributed by atoms with E-state index in [1.54, 1.807) is 0 Å². The van der Waals surface area contributed by atoms with Gasteiger partial charge in [0.25, 0.3) is 0 Å². The lowest BCUT2D eigenvalue weighted by molar-refractivity contribution is -0.148. The van der Waals surface area contributed by atoms with E-state index in [1.165, 1.54) is 0 Å². The van der Waals surface area contributed by atoms with Gasteiger partial charge in [-0.25, -0.2) is 4.79 Å². The molecule has 5 nitrogen and oxygen atoms in total. The molecule has 0 spiro atoms. The normalized spacial score (nSPS) is 27.3. The Labute approximate surface area is 114 Å². The summed E-state index contributed by atoms with van der Waals surface area (Å²) in [6.45, 7) is 0.845. The van der Waals surface area contributed by atoms with E-state index in [4.69, 9.17) is 0 Å². The van der Waals surface area contributed by atoms with E-state index in [2.05, 4.69) is 10.6 Å². The molecule has 1 saturated heterocycles. The smallest absolute Gasteiger partial charge is 0.329 e. The van der Waals surface area contributed by atoms with Crippen molar-refractivity contribution in [2.75, 3.05) is 6.54 Å². The third kappa shape index (κ3) is 3.47. The molecule has 0 aromatic heterocycles. The minimum absolute atomic E-state index is 0.135. The summed E-state index contributed by atoms with van der Waals surface area (Å²) >= 11 is 0. The number of carbonyl (C=O) groups excluding carboxylic acids is 1. The average molecular weight is 268 g/mol. The molecule has 0 unspecified atom stereocenters. The summed E-state index contributed by atoms with van der Waals surface area (Å²) in [6, 6.07) is -0.215. The van der Waals surface area contributed by atoms with Crippen molar-refractivity contribution in [1.29, 1.82) is 0 Å². The highest BCUT2D eigenvalue weighted by Gasteiger charge is 2.41. The lowest BCUT2D eigenvalue weighted by atomic mass is 9.89. The molecule has 1 heterocycles. The molecule has 0 bridgehead atoms. The van der Waals surface area contributed by atoms with Crippen LogP contribution in [0, 0.1) is 0 Å². The van der Waals surface area contributed by atoms with Gasteiger partial charge >= 0.3 is 5.97 Å². The van der Waals surface area contributed by atoms with Gasteiger partial charge in [-0.15, -0.1) is 0 Å². The molecule has 2 fully saturated rings. The molecule has 2 rings (SSSR count). The maximum atomic E-state index is 12.3. The van der Waals surface area contributed by atoms with Gasteiger partial charge in [0.2, 0.25) is 5.91 Å². The van der Waals surface area contributed by atoms with Gasteiger partial charge in [0.1, 0.15) is 5.54 Å². The van der Waals surface area contributed by atoms with E-state index in [0.29, 0.717) is 12.8 Å². The Morgan fingerprint density at radius 2 is 1.74 bits per heavy atom. The van der Waals surface area contributed by atoms with Gasteiger partial charge in [-0.2, -0.15) is 0 Å². The Bertz CT molecular complexity index is 330. The quantitative estimate of drug-likeness (QED) is 0.676. The number of carbonyl (C=O) groups is 2. The molecule has 1 atom stereocenters. The van der Waals surface area contributed by atoms with Crippen LogP contribution in [0.4, 0.5) is 0 Å². The zero-order valence-corrected chi connectivity index (χ0v) is 11.4. The zero-order chi connectivity index (χ0) is 13.7. The first-order chi connectivity index (χ1) is 9.14. The van der Waals surface area contributed by atoms with Crippen LogP contribution in [0.2, 0.25) is 0 Å². The first kappa shape index (κ1) is 14.3. The largest absolute Gasteiger partial charge is 0.480 e. The SMILES string of the molecule is O=C(NC1(C(=O)O)CCCCCC1)[C@H]1CCCCN1. The zero-order valence-electron chi connectivity index (χ0n) is 11.4. The molecule has 0 radical (unpaired) electrons. The van der Waals surface area contributed by atoms with Crippen LogP contribution in [-0.4, -0.2) is 35.1 Å². The Balaban J connectivity index is 2.02. The summed E-state index contributed by atoms with van der Waals surface area (Å²) < 4.78 is 0. The number of piperidine rings is 1. The van der Waals surface area contributed by atoms with Crippen molar-refractivity contribution >= 4 is 11.9 Å². The minimum atomic E-state index is -1.04. The van der Waals surface area contributed by atoms with Crippen LogP contribution in [0.1, 0.15) is 57.8 Å². The Kier molecular flexibility index (Phi) is 4.80. The number of rotatable bonds is 3. The van der Waals surface area contributed by atoms with E-state index in [-0.39, 0.29) is 11.9 Å². The molecule has 1 saturated carbocycles. The van der Waals surface area contributed by atoms with Crippen molar-refractivity contribution in [1.82, 2.24) is 10.6 Å². The van der Waals surface area contributed by atoms with Crippen molar-refractivity contribution in [2.45, 2.75) is 69.4 Å². The van der Waals surface area contributed by atoms with Gasteiger partial charge in [0.15, 0.2) is 0 Å². The molecule has 1 amide bonds.